The lowest BCUT2D eigenvalue weighted by atomic mass is 9.94. The van der Waals surface area contributed by atoms with Gasteiger partial charge in [-0.15, -0.1) is 11.3 Å². The van der Waals surface area contributed by atoms with Crippen LogP contribution in [-0.4, -0.2) is 16.7 Å². The van der Waals surface area contributed by atoms with E-state index < -0.39 is 0 Å². The summed E-state index contributed by atoms with van der Waals surface area (Å²) in [6.45, 7) is 5.22. The van der Waals surface area contributed by atoms with Crippen LogP contribution in [0, 0.1) is 13.8 Å². The Balaban J connectivity index is 2.10. The molecule has 0 radical (unpaired) electrons. The number of hydrogen-bond donors (Lipinski definition) is 2. The number of thiophene rings is 1. The number of rotatable bonds is 1. The molecule has 0 aromatic carbocycles. The molecule has 1 aliphatic rings. The second kappa shape index (κ2) is 3.71. The van der Waals surface area contributed by atoms with Crippen molar-refractivity contribution in [3.63, 3.8) is 0 Å². The summed E-state index contributed by atoms with van der Waals surface area (Å²) in [5, 5.41) is 13.1. The van der Waals surface area contributed by atoms with Gasteiger partial charge in [-0.05, 0) is 37.3 Å². The van der Waals surface area contributed by atoms with Crippen molar-refractivity contribution in [1.29, 1.82) is 0 Å². The highest BCUT2D eigenvalue weighted by Crippen LogP contribution is 2.34. The van der Waals surface area contributed by atoms with E-state index in [1.54, 1.807) is 0 Å². The highest BCUT2D eigenvalue weighted by molar-refractivity contribution is 7.10. The van der Waals surface area contributed by atoms with Gasteiger partial charge in [-0.1, -0.05) is 0 Å². The fourth-order valence-electron chi connectivity index (χ4n) is 2.49. The molecule has 0 saturated heterocycles. The van der Waals surface area contributed by atoms with E-state index in [2.05, 4.69) is 40.8 Å². The third-order valence-corrected chi connectivity index (χ3v) is 4.26. The zero-order valence-corrected chi connectivity index (χ0v) is 10.3. The topological polar surface area (TPSA) is 40.7 Å². The number of aromatic amines is 1. The SMILES string of the molecule is Cc1n[nH]c(C)c1C1NCCc2sccc21. The van der Waals surface area contributed by atoms with Gasteiger partial charge >= 0.3 is 0 Å². The molecule has 0 saturated carbocycles. The maximum atomic E-state index is 4.29. The predicted octanol–water partition coefficient (Wildman–Crippen LogP) is 2.32. The van der Waals surface area contributed by atoms with Crippen LogP contribution in [0.5, 0.6) is 0 Å². The largest absolute Gasteiger partial charge is 0.306 e. The highest BCUT2D eigenvalue weighted by Gasteiger charge is 2.25. The molecule has 0 fully saturated rings. The molecule has 16 heavy (non-hydrogen) atoms. The van der Waals surface area contributed by atoms with Crippen molar-refractivity contribution in [2.75, 3.05) is 6.54 Å². The fourth-order valence-corrected chi connectivity index (χ4v) is 3.41. The molecule has 2 aromatic rings. The molecule has 3 rings (SSSR count). The van der Waals surface area contributed by atoms with Crippen molar-refractivity contribution < 1.29 is 0 Å². The molecule has 1 aliphatic heterocycles. The van der Waals surface area contributed by atoms with Crippen LogP contribution in [0.25, 0.3) is 0 Å². The molecule has 1 unspecified atom stereocenters. The number of H-pyrrole nitrogens is 1. The van der Waals surface area contributed by atoms with Crippen LogP contribution in [0.2, 0.25) is 0 Å². The minimum atomic E-state index is 0.328. The van der Waals surface area contributed by atoms with Crippen LogP contribution < -0.4 is 5.32 Å². The first kappa shape index (κ1) is 10.1. The first-order valence-electron chi connectivity index (χ1n) is 5.58. The van der Waals surface area contributed by atoms with Crippen molar-refractivity contribution >= 4 is 11.3 Å². The highest BCUT2D eigenvalue weighted by atomic mass is 32.1. The van der Waals surface area contributed by atoms with Crippen molar-refractivity contribution in [1.82, 2.24) is 15.5 Å². The second-order valence-corrected chi connectivity index (χ2v) is 5.28. The average Bonchev–Trinajstić information content (AvgIpc) is 2.86. The van der Waals surface area contributed by atoms with Gasteiger partial charge in [0, 0.05) is 22.7 Å². The zero-order chi connectivity index (χ0) is 11.1. The van der Waals surface area contributed by atoms with Gasteiger partial charge in [0.15, 0.2) is 0 Å². The Bertz CT molecular complexity index is 493. The minimum absolute atomic E-state index is 0.328. The molecule has 84 valence electrons. The first-order valence-corrected chi connectivity index (χ1v) is 6.46. The van der Waals surface area contributed by atoms with Crippen molar-refractivity contribution in [3.8, 4) is 0 Å². The Morgan fingerprint density at radius 1 is 1.44 bits per heavy atom. The maximum absolute atomic E-state index is 4.29. The van der Waals surface area contributed by atoms with Crippen LogP contribution >= 0.6 is 11.3 Å². The van der Waals surface area contributed by atoms with E-state index in [9.17, 15) is 0 Å². The van der Waals surface area contributed by atoms with Crippen molar-refractivity contribution in [2.24, 2.45) is 0 Å². The van der Waals surface area contributed by atoms with Gasteiger partial charge in [0.25, 0.3) is 0 Å². The number of aromatic nitrogens is 2. The lowest BCUT2D eigenvalue weighted by molar-refractivity contribution is 0.571. The molecule has 3 heterocycles. The summed E-state index contributed by atoms with van der Waals surface area (Å²) in [4.78, 5) is 1.52. The quantitative estimate of drug-likeness (QED) is 0.793. The Morgan fingerprint density at radius 3 is 3.06 bits per heavy atom. The van der Waals surface area contributed by atoms with Gasteiger partial charge < -0.3 is 5.32 Å². The molecular formula is C12H15N3S. The lowest BCUT2D eigenvalue weighted by Gasteiger charge is -2.24. The van der Waals surface area contributed by atoms with Gasteiger partial charge in [0.05, 0.1) is 11.7 Å². The summed E-state index contributed by atoms with van der Waals surface area (Å²) in [5.74, 6) is 0. The summed E-state index contributed by atoms with van der Waals surface area (Å²) < 4.78 is 0. The molecule has 0 amide bonds. The van der Waals surface area contributed by atoms with E-state index in [1.165, 1.54) is 21.7 Å². The van der Waals surface area contributed by atoms with Crippen LogP contribution in [0.15, 0.2) is 11.4 Å². The number of fused-ring (bicyclic) bond motifs is 1. The summed E-state index contributed by atoms with van der Waals surface area (Å²) >= 11 is 1.87. The van der Waals surface area contributed by atoms with E-state index in [0.29, 0.717) is 6.04 Å². The number of hydrogen-bond acceptors (Lipinski definition) is 3. The summed E-state index contributed by atoms with van der Waals surface area (Å²) in [6, 6.07) is 2.57. The molecule has 3 nitrogen and oxygen atoms in total. The standard InChI is InChI=1S/C12H15N3S/c1-7-11(8(2)15-14-7)12-9-4-6-16-10(9)3-5-13-12/h4,6,12-13H,3,5H2,1-2H3,(H,14,15). The monoisotopic (exact) mass is 233 g/mol. The van der Waals surface area contributed by atoms with Gasteiger partial charge in [-0.3, -0.25) is 5.10 Å². The minimum Gasteiger partial charge on any atom is -0.306 e. The van der Waals surface area contributed by atoms with E-state index in [4.69, 9.17) is 0 Å². The summed E-state index contributed by atoms with van der Waals surface area (Å²) in [6.07, 6.45) is 1.15. The number of nitrogens with zero attached hydrogens (tertiary/aromatic N) is 1. The molecule has 0 bridgehead atoms. The number of nitrogens with one attached hydrogen (secondary N) is 2. The molecular weight excluding hydrogens is 218 g/mol. The molecule has 2 N–H and O–H groups in total. The van der Waals surface area contributed by atoms with Crippen LogP contribution in [-0.2, 0) is 6.42 Å². The van der Waals surface area contributed by atoms with E-state index in [-0.39, 0.29) is 0 Å². The van der Waals surface area contributed by atoms with Gasteiger partial charge in [0.1, 0.15) is 0 Å². The summed E-state index contributed by atoms with van der Waals surface area (Å²) in [7, 11) is 0. The number of aryl methyl sites for hydroxylation is 2. The van der Waals surface area contributed by atoms with E-state index >= 15 is 0 Å². The van der Waals surface area contributed by atoms with E-state index in [0.717, 1.165) is 18.7 Å². The normalized spacial score (nSPS) is 19.8. The molecule has 0 spiro atoms. The van der Waals surface area contributed by atoms with E-state index in [1.807, 2.05) is 11.3 Å². The van der Waals surface area contributed by atoms with Gasteiger partial charge in [0.2, 0.25) is 0 Å². The van der Waals surface area contributed by atoms with Crippen molar-refractivity contribution in [2.45, 2.75) is 26.3 Å². The lowest BCUT2D eigenvalue weighted by Crippen LogP contribution is -2.30. The van der Waals surface area contributed by atoms with Crippen molar-refractivity contribution in [3.05, 3.63) is 38.8 Å². The van der Waals surface area contributed by atoms with Crippen LogP contribution in [0.4, 0.5) is 0 Å². The maximum Gasteiger partial charge on any atom is 0.0645 e. The smallest absolute Gasteiger partial charge is 0.0645 e. The third-order valence-electron chi connectivity index (χ3n) is 3.27. The fraction of sp³-hybridized carbons (Fsp3) is 0.417. The third kappa shape index (κ3) is 1.41. The molecule has 0 aliphatic carbocycles. The van der Waals surface area contributed by atoms with Crippen LogP contribution in [0.3, 0.4) is 0 Å². The van der Waals surface area contributed by atoms with Gasteiger partial charge in [-0.2, -0.15) is 5.10 Å². The predicted molar refractivity (Wildman–Crippen MR) is 65.9 cm³/mol. The Labute approximate surface area is 98.9 Å². The Hall–Kier alpha value is -1.13. The average molecular weight is 233 g/mol. The van der Waals surface area contributed by atoms with Gasteiger partial charge in [-0.25, -0.2) is 0 Å². The molecule has 1 atom stereocenters. The summed E-state index contributed by atoms with van der Waals surface area (Å²) in [5.41, 5.74) is 5.03. The van der Waals surface area contributed by atoms with Crippen LogP contribution in [0.1, 0.15) is 33.4 Å². The molecule has 4 heteroatoms. The first-order chi connectivity index (χ1) is 7.77. The molecule has 2 aromatic heterocycles. The Kier molecular flexibility index (Phi) is 2.33. The zero-order valence-electron chi connectivity index (χ0n) is 9.50. The Morgan fingerprint density at radius 2 is 2.31 bits per heavy atom. The second-order valence-electron chi connectivity index (χ2n) is 4.28.